The number of ether oxygens (including phenoxy) is 2. The Hall–Kier alpha value is -1.79. The van der Waals surface area contributed by atoms with Crippen molar-refractivity contribution >= 4 is 18.0 Å². The lowest BCUT2D eigenvalue weighted by Gasteiger charge is -2.37. The van der Waals surface area contributed by atoms with Crippen LogP contribution in [0.3, 0.4) is 0 Å². The lowest BCUT2D eigenvalue weighted by Crippen LogP contribution is -2.53. The summed E-state index contributed by atoms with van der Waals surface area (Å²) in [5.41, 5.74) is -0.580. The van der Waals surface area contributed by atoms with Crippen molar-refractivity contribution in [2.24, 2.45) is 5.92 Å². The molecule has 23 heavy (non-hydrogen) atoms. The number of esters is 1. The summed E-state index contributed by atoms with van der Waals surface area (Å²) >= 11 is 0. The third-order valence-corrected chi connectivity index (χ3v) is 3.46. The molecule has 7 nitrogen and oxygen atoms in total. The quantitative estimate of drug-likeness (QED) is 0.794. The van der Waals surface area contributed by atoms with E-state index in [1.165, 1.54) is 6.92 Å². The Morgan fingerprint density at radius 2 is 1.87 bits per heavy atom. The van der Waals surface area contributed by atoms with Gasteiger partial charge in [-0.2, -0.15) is 0 Å². The van der Waals surface area contributed by atoms with Crippen LogP contribution in [0, 0.1) is 5.92 Å². The zero-order valence-electron chi connectivity index (χ0n) is 14.7. The molecule has 0 aromatic rings. The number of alkyl carbamates (subject to hydrolysis) is 1. The molecule has 2 atom stereocenters. The fraction of sp³-hybridized carbons (Fsp3) is 0.812. The van der Waals surface area contributed by atoms with E-state index in [2.05, 4.69) is 5.32 Å². The Morgan fingerprint density at radius 1 is 1.22 bits per heavy atom. The van der Waals surface area contributed by atoms with Gasteiger partial charge >= 0.3 is 12.1 Å². The van der Waals surface area contributed by atoms with E-state index < -0.39 is 11.7 Å². The van der Waals surface area contributed by atoms with Crippen LogP contribution in [0.1, 0.15) is 47.5 Å². The van der Waals surface area contributed by atoms with Crippen LogP contribution in [0.4, 0.5) is 4.79 Å². The van der Waals surface area contributed by atoms with Gasteiger partial charge in [0.1, 0.15) is 5.60 Å². The van der Waals surface area contributed by atoms with Crippen molar-refractivity contribution in [1.82, 2.24) is 10.2 Å². The highest BCUT2D eigenvalue weighted by molar-refractivity contribution is 5.74. The maximum atomic E-state index is 11.9. The highest BCUT2D eigenvalue weighted by Crippen LogP contribution is 2.21. The van der Waals surface area contributed by atoms with E-state index in [-0.39, 0.29) is 30.3 Å². The molecule has 1 rings (SSSR count). The third-order valence-electron chi connectivity index (χ3n) is 3.46. The van der Waals surface area contributed by atoms with E-state index in [1.807, 2.05) is 0 Å². The van der Waals surface area contributed by atoms with E-state index in [0.29, 0.717) is 26.1 Å². The number of rotatable bonds is 4. The summed E-state index contributed by atoms with van der Waals surface area (Å²) in [4.78, 5) is 36.9. The van der Waals surface area contributed by atoms with Gasteiger partial charge in [-0.3, -0.25) is 9.59 Å². The van der Waals surface area contributed by atoms with E-state index in [4.69, 9.17) is 9.47 Å². The number of nitrogens with one attached hydrogen (secondary N) is 1. The molecule has 0 spiro atoms. The number of hydrogen-bond donors (Lipinski definition) is 1. The van der Waals surface area contributed by atoms with Crippen LogP contribution in [0.5, 0.6) is 0 Å². The largest absolute Gasteiger partial charge is 0.466 e. The second-order valence-corrected chi connectivity index (χ2v) is 6.88. The zero-order chi connectivity index (χ0) is 17.6. The molecule has 1 aliphatic rings. The average Bonchev–Trinajstić information content (AvgIpc) is 2.35. The number of hydrogen-bond acceptors (Lipinski definition) is 5. The molecule has 1 N–H and O–H groups in total. The summed E-state index contributed by atoms with van der Waals surface area (Å²) in [5, 5.41) is 2.79. The van der Waals surface area contributed by atoms with Crippen LogP contribution in [-0.2, 0) is 19.1 Å². The van der Waals surface area contributed by atoms with Gasteiger partial charge in [0.05, 0.1) is 19.1 Å². The number of carbonyl (C=O) groups is 3. The van der Waals surface area contributed by atoms with Crippen molar-refractivity contribution in [2.45, 2.75) is 59.1 Å². The predicted octanol–water partition coefficient (Wildman–Crippen LogP) is 1.70. The van der Waals surface area contributed by atoms with Gasteiger partial charge in [-0.25, -0.2) is 4.79 Å². The fourth-order valence-corrected chi connectivity index (χ4v) is 2.64. The van der Waals surface area contributed by atoms with E-state index in [0.717, 1.165) is 0 Å². The predicted molar refractivity (Wildman–Crippen MR) is 84.8 cm³/mol. The van der Waals surface area contributed by atoms with Gasteiger partial charge in [-0.1, -0.05) is 0 Å². The summed E-state index contributed by atoms with van der Waals surface area (Å²) in [6.07, 6.45) is 0.342. The molecule has 0 saturated carbocycles. The lowest BCUT2D eigenvalue weighted by molar-refractivity contribution is -0.145. The molecule has 1 heterocycles. The van der Waals surface area contributed by atoms with Gasteiger partial charge < -0.3 is 19.7 Å². The molecule has 2 amide bonds. The Balaban J connectivity index is 2.65. The summed E-state index contributed by atoms with van der Waals surface area (Å²) in [6.45, 7) is 9.87. The molecule has 0 aliphatic carbocycles. The highest BCUT2D eigenvalue weighted by atomic mass is 16.6. The average molecular weight is 328 g/mol. The molecule has 0 radical (unpaired) electrons. The normalized spacial score (nSPS) is 21.5. The molecule has 1 fully saturated rings. The van der Waals surface area contributed by atoms with E-state index >= 15 is 0 Å². The number of nitrogens with zero attached hydrogens (tertiary/aromatic N) is 1. The van der Waals surface area contributed by atoms with Gasteiger partial charge in [0.2, 0.25) is 5.91 Å². The molecule has 1 saturated heterocycles. The first-order valence-electron chi connectivity index (χ1n) is 8.01. The second kappa shape index (κ2) is 8.17. The summed E-state index contributed by atoms with van der Waals surface area (Å²) in [6, 6.07) is -0.234. The standard InChI is InChI=1S/C16H28N2O5/c1-6-22-14(20)8-12-7-13(10-18(9-12)11(2)19)17-15(21)23-16(3,4)5/h12-13H,6-10H2,1-5H3,(H,17,21). The topological polar surface area (TPSA) is 84.9 Å². The molecular formula is C16H28N2O5. The molecule has 132 valence electrons. The first-order chi connectivity index (χ1) is 10.6. The van der Waals surface area contributed by atoms with Crippen LogP contribution >= 0.6 is 0 Å². The lowest BCUT2D eigenvalue weighted by atomic mass is 9.91. The minimum Gasteiger partial charge on any atom is -0.466 e. The van der Waals surface area contributed by atoms with Crippen LogP contribution in [0.25, 0.3) is 0 Å². The molecule has 0 aromatic heterocycles. The summed E-state index contributed by atoms with van der Waals surface area (Å²) in [7, 11) is 0. The molecular weight excluding hydrogens is 300 g/mol. The van der Waals surface area contributed by atoms with Crippen LogP contribution in [-0.4, -0.2) is 54.2 Å². The number of amides is 2. The van der Waals surface area contributed by atoms with Crippen molar-refractivity contribution in [3.8, 4) is 0 Å². The van der Waals surface area contributed by atoms with Crippen molar-refractivity contribution in [3.63, 3.8) is 0 Å². The van der Waals surface area contributed by atoms with Gasteiger partial charge in [0.25, 0.3) is 0 Å². The second-order valence-electron chi connectivity index (χ2n) is 6.88. The monoisotopic (exact) mass is 328 g/mol. The smallest absolute Gasteiger partial charge is 0.407 e. The molecule has 1 aliphatic heterocycles. The maximum Gasteiger partial charge on any atom is 0.407 e. The zero-order valence-corrected chi connectivity index (χ0v) is 14.7. The van der Waals surface area contributed by atoms with Gasteiger partial charge in [0.15, 0.2) is 0 Å². The summed E-state index contributed by atoms with van der Waals surface area (Å²) in [5.74, 6) is -0.389. The van der Waals surface area contributed by atoms with E-state index in [9.17, 15) is 14.4 Å². The molecule has 2 unspecified atom stereocenters. The Labute approximate surface area is 137 Å². The summed E-state index contributed by atoms with van der Waals surface area (Å²) < 4.78 is 10.2. The van der Waals surface area contributed by atoms with Gasteiger partial charge in [-0.05, 0) is 40.0 Å². The SMILES string of the molecule is CCOC(=O)CC1CC(NC(=O)OC(C)(C)C)CN(C(C)=O)C1. The van der Waals surface area contributed by atoms with Crippen molar-refractivity contribution in [3.05, 3.63) is 0 Å². The molecule has 0 aromatic carbocycles. The number of likely N-dealkylation sites (tertiary alicyclic amines) is 1. The fourth-order valence-electron chi connectivity index (χ4n) is 2.64. The van der Waals surface area contributed by atoms with Gasteiger partial charge in [0, 0.05) is 20.0 Å². The Kier molecular flexibility index (Phi) is 6.84. The van der Waals surface area contributed by atoms with E-state index in [1.54, 1.807) is 32.6 Å². The Bertz CT molecular complexity index is 444. The maximum absolute atomic E-state index is 11.9. The van der Waals surface area contributed by atoms with Crippen molar-refractivity contribution in [2.75, 3.05) is 19.7 Å². The molecule has 0 bridgehead atoms. The Morgan fingerprint density at radius 3 is 2.39 bits per heavy atom. The third kappa shape index (κ3) is 7.34. The van der Waals surface area contributed by atoms with Gasteiger partial charge in [-0.15, -0.1) is 0 Å². The highest BCUT2D eigenvalue weighted by Gasteiger charge is 2.32. The molecule has 7 heteroatoms. The number of piperidine rings is 1. The first kappa shape index (κ1) is 19.3. The minimum absolute atomic E-state index is 0.0355. The number of carbonyl (C=O) groups excluding carboxylic acids is 3. The van der Waals surface area contributed by atoms with Crippen molar-refractivity contribution < 1.29 is 23.9 Å². The van der Waals surface area contributed by atoms with Crippen LogP contribution in [0.15, 0.2) is 0 Å². The first-order valence-corrected chi connectivity index (χ1v) is 8.01. The van der Waals surface area contributed by atoms with Crippen LogP contribution < -0.4 is 5.32 Å². The minimum atomic E-state index is -0.580. The van der Waals surface area contributed by atoms with Crippen LogP contribution in [0.2, 0.25) is 0 Å². The van der Waals surface area contributed by atoms with Crippen molar-refractivity contribution in [1.29, 1.82) is 0 Å².